The SMILES string of the molecule is COc1nc2c(N)nc3ccccc3c2n1CC(C)C. The molecule has 0 unspecified atom stereocenters. The van der Waals surface area contributed by atoms with Crippen LogP contribution >= 0.6 is 0 Å². The molecule has 0 atom stereocenters. The smallest absolute Gasteiger partial charge is 0.297 e. The number of imidazole rings is 1. The lowest BCUT2D eigenvalue weighted by atomic mass is 10.1. The molecule has 0 saturated carbocycles. The van der Waals surface area contributed by atoms with E-state index in [1.807, 2.05) is 24.3 Å². The van der Waals surface area contributed by atoms with Gasteiger partial charge in [-0.25, -0.2) is 4.98 Å². The van der Waals surface area contributed by atoms with Crippen molar-refractivity contribution in [2.24, 2.45) is 5.92 Å². The van der Waals surface area contributed by atoms with E-state index in [0.29, 0.717) is 23.3 Å². The molecule has 0 fully saturated rings. The van der Waals surface area contributed by atoms with Gasteiger partial charge in [0.1, 0.15) is 5.52 Å². The van der Waals surface area contributed by atoms with Crippen LogP contribution in [0, 0.1) is 5.92 Å². The van der Waals surface area contributed by atoms with E-state index in [1.165, 1.54) is 0 Å². The third-order valence-corrected chi connectivity index (χ3v) is 3.31. The van der Waals surface area contributed by atoms with Crippen molar-refractivity contribution in [2.45, 2.75) is 20.4 Å². The van der Waals surface area contributed by atoms with E-state index < -0.39 is 0 Å². The molecular formula is C15H18N4O. The van der Waals surface area contributed by atoms with Gasteiger partial charge in [-0.1, -0.05) is 32.0 Å². The summed E-state index contributed by atoms with van der Waals surface area (Å²) in [6.07, 6.45) is 0. The predicted molar refractivity (Wildman–Crippen MR) is 80.8 cm³/mol. The molecule has 0 radical (unpaired) electrons. The predicted octanol–water partition coefficient (Wildman–Crippen LogP) is 2.83. The van der Waals surface area contributed by atoms with Gasteiger partial charge in [-0.05, 0) is 12.0 Å². The molecular weight excluding hydrogens is 252 g/mol. The van der Waals surface area contributed by atoms with Crippen molar-refractivity contribution < 1.29 is 4.74 Å². The minimum absolute atomic E-state index is 0.444. The molecule has 0 spiro atoms. The first-order valence-electron chi connectivity index (χ1n) is 6.70. The van der Waals surface area contributed by atoms with Gasteiger partial charge in [0.2, 0.25) is 0 Å². The van der Waals surface area contributed by atoms with E-state index in [4.69, 9.17) is 10.5 Å². The Morgan fingerprint density at radius 3 is 2.70 bits per heavy atom. The number of methoxy groups -OCH3 is 1. The maximum atomic E-state index is 6.05. The van der Waals surface area contributed by atoms with Crippen molar-refractivity contribution in [1.82, 2.24) is 14.5 Å². The molecule has 20 heavy (non-hydrogen) atoms. The van der Waals surface area contributed by atoms with Crippen LogP contribution in [0.15, 0.2) is 24.3 Å². The van der Waals surface area contributed by atoms with Gasteiger partial charge < -0.3 is 10.5 Å². The highest BCUT2D eigenvalue weighted by Gasteiger charge is 2.18. The minimum atomic E-state index is 0.444. The zero-order valence-corrected chi connectivity index (χ0v) is 11.9. The largest absolute Gasteiger partial charge is 0.468 e. The zero-order valence-electron chi connectivity index (χ0n) is 11.9. The van der Waals surface area contributed by atoms with Crippen LogP contribution in [0.3, 0.4) is 0 Å². The zero-order chi connectivity index (χ0) is 14.3. The molecule has 0 amide bonds. The number of hydrogen-bond donors (Lipinski definition) is 1. The highest BCUT2D eigenvalue weighted by molar-refractivity contribution is 6.06. The molecule has 0 saturated heterocycles. The van der Waals surface area contributed by atoms with Crippen molar-refractivity contribution in [3.05, 3.63) is 24.3 Å². The van der Waals surface area contributed by atoms with E-state index in [-0.39, 0.29) is 0 Å². The summed E-state index contributed by atoms with van der Waals surface area (Å²) in [4.78, 5) is 8.91. The second-order valence-electron chi connectivity index (χ2n) is 5.31. The third kappa shape index (κ3) is 1.86. The molecule has 3 rings (SSSR count). The maximum absolute atomic E-state index is 6.05. The lowest BCUT2D eigenvalue weighted by Crippen LogP contribution is -2.06. The Hall–Kier alpha value is -2.30. The average Bonchev–Trinajstić information content (AvgIpc) is 2.78. The number of hydrogen-bond acceptors (Lipinski definition) is 4. The maximum Gasteiger partial charge on any atom is 0.297 e. The van der Waals surface area contributed by atoms with Crippen LogP contribution in [0.4, 0.5) is 5.82 Å². The van der Waals surface area contributed by atoms with E-state index >= 15 is 0 Å². The molecule has 104 valence electrons. The number of nitrogen functional groups attached to an aromatic ring is 1. The van der Waals surface area contributed by atoms with Crippen LogP contribution in [0.1, 0.15) is 13.8 Å². The van der Waals surface area contributed by atoms with Crippen LogP contribution in [0.2, 0.25) is 0 Å². The number of fused-ring (bicyclic) bond motifs is 3. The van der Waals surface area contributed by atoms with Gasteiger partial charge in [0.15, 0.2) is 5.82 Å². The van der Waals surface area contributed by atoms with Crippen LogP contribution in [0.25, 0.3) is 21.9 Å². The summed E-state index contributed by atoms with van der Waals surface area (Å²) in [5, 5.41) is 1.05. The van der Waals surface area contributed by atoms with E-state index in [1.54, 1.807) is 7.11 Å². The molecule has 0 bridgehead atoms. The standard InChI is InChI=1S/C15H18N4O/c1-9(2)8-19-13-10-6-4-5-7-11(10)17-14(16)12(13)18-15(19)20-3/h4-7,9H,8H2,1-3H3,(H2,16,17). The van der Waals surface area contributed by atoms with Crippen LogP contribution in [0.5, 0.6) is 6.01 Å². The van der Waals surface area contributed by atoms with Gasteiger partial charge in [-0.3, -0.25) is 4.57 Å². The average molecular weight is 270 g/mol. The summed E-state index contributed by atoms with van der Waals surface area (Å²) in [5.41, 5.74) is 8.64. The summed E-state index contributed by atoms with van der Waals surface area (Å²) < 4.78 is 7.49. The summed E-state index contributed by atoms with van der Waals surface area (Å²) in [7, 11) is 1.63. The number of benzene rings is 1. The Bertz CT molecular complexity index is 776. The van der Waals surface area contributed by atoms with Gasteiger partial charge in [-0.15, -0.1) is 0 Å². The van der Waals surface area contributed by atoms with Crippen molar-refractivity contribution >= 4 is 27.8 Å². The molecule has 0 aliphatic carbocycles. The first-order chi connectivity index (χ1) is 9.61. The summed E-state index contributed by atoms with van der Waals surface area (Å²) in [5.74, 6) is 0.925. The van der Waals surface area contributed by atoms with Gasteiger partial charge in [0.05, 0.1) is 18.1 Å². The molecule has 2 N–H and O–H groups in total. The highest BCUT2D eigenvalue weighted by atomic mass is 16.5. The highest BCUT2D eigenvalue weighted by Crippen LogP contribution is 2.31. The Kier molecular flexibility index (Phi) is 2.97. The van der Waals surface area contributed by atoms with Gasteiger partial charge in [0, 0.05) is 11.9 Å². The van der Waals surface area contributed by atoms with Crippen LogP contribution in [-0.4, -0.2) is 21.6 Å². The molecule has 5 heteroatoms. The van der Waals surface area contributed by atoms with Gasteiger partial charge in [-0.2, -0.15) is 4.98 Å². The topological polar surface area (TPSA) is 66.0 Å². The third-order valence-electron chi connectivity index (χ3n) is 3.31. The lowest BCUT2D eigenvalue weighted by molar-refractivity contribution is 0.348. The quantitative estimate of drug-likeness (QED) is 0.794. The van der Waals surface area contributed by atoms with E-state index in [2.05, 4.69) is 28.4 Å². The number of anilines is 1. The van der Waals surface area contributed by atoms with Crippen molar-refractivity contribution in [3.63, 3.8) is 0 Å². The second-order valence-corrected chi connectivity index (χ2v) is 5.31. The van der Waals surface area contributed by atoms with Gasteiger partial charge >= 0.3 is 0 Å². The van der Waals surface area contributed by atoms with E-state index in [9.17, 15) is 0 Å². The Labute approximate surface area is 117 Å². The van der Waals surface area contributed by atoms with Crippen LogP contribution in [-0.2, 0) is 6.54 Å². The summed E-state index contributed by atoms with van der Waals surface area (Å²) in [6.45, 7) is 5.16. The minimum Gasteiger partial charge on any atom is -0.468 e. The number of ether oxygens (including phenoxy) is 1. The number of nitrogens with two attached hydrogens (primary N) is 1. The number of para-hydroxylation sites is 1. The molecule has 0 aliphatic rings. The normalized spacial score (nSPS) is 11.6. The molecule has 1 aromatic carbocycles. The first-order valence-corrected chi connectivity index (χ1v) is 6.70. The van der Waals surface area contributed by atoms with Crippen LogP contribution < -0.4 is 10.5 Å². The number of nitrogens with zero attached hydrogens (tertiary/aromatic N) is 3. The fourth-order valence-electron chi connectivity index (χ4n) is 2.53. The van der Waals surface area contributed by atoms with Crippen molar-refractivity contribution in [3.8, 4) is 6.01 Å². The van der Waals surface area contributed by atoms with Crippen molar-refractivity contribution in [1.29, 1.82) is 0 Å². The second kappa shape index (κ2) is 4.67. The summed E-state index contributed by atoms with van der Waals surface area (Å²) in [6, 6.07) is 8.55. The molecule has 0 aliphatic heterocycles. The molecule has 5 nitrogen and oxygen atoms in total. The summed E-state index contributed by atoms with van der Waals surface area (Å²) >= 11 is 0. The monoisotopic (exact) mass is 270 g/mol. The fraction of sp³-hybridized carbons (Fsp3) is 0.333. The number of aromatic nitrogens is 3. The fourth-order valence-corrected chi connectivity index (χ4v) is 2.53. The first kappa shape index (κ1) is 12.7. The molecule has 2 heterocycles. The van der Waals surface area contributed by atoms with E-state index in [0.717, 1.165) is 23.0 Å². The number of pyridine rings is 1. The molecule has 3 aromatic rings. The Balaban J connectivity index is 2.44. The van der Waals surface area contributed by atoms with Gasteiger partial charge in [0.25, 0.3) is 6.01 Å². The van der Waals surface area contributed by atoms with Crippen molar-refractivity contribution in [2.75, 3.05) is 12.8 Å². The Morgan fingerprint density at radius 1 is 1.25 bits per heavy atom. The number of rotatable bonds is 3. The lowest BCUT2D eigenvalue weighted by Gasteiger charge is -2.11. The molecule has 2 aromatic heterocycles. The Morgan fingerprint density at radius 2 is 2.00 bits per heavy atom.